The third kappa shape index (κ3) is 4.95. The highest BCUT2D eigenvalue weighted by molar-refractivity contribution is 5.66. The van der Waals surface area contributed by atoms with Crippen molar-refractivity contribution in [3.63, 3.8) is 0 Å². The summed E-state index contributed by atoms with van der Waals surface area (Å²) in [6.45, 7) is 7.85. The Kier molecular flexibility index (Phi) is 6.27. The number of nitrogens with zero attached hydrogens (tertiary/aromatic N) is 3. The predicted octanol–water partition coefficient (Wildman–Crippen LogP) is 4.66. The van der Waals surface area contributed by atoms with Gasteiger partial charge in [-0.3, -0.25) is 14.2 Å². The molecule has 2 heterocycles. The second-order valence-corrected chi connectivity index (χ2v) is 8.37. The molecule has 0 amide bonds. The molecule has 0 bridgehead atoms. The van der Waals surface area contributed by atoms with Gasteiger partial charge in [-0.2, -0.15) is 0 Å². The van der Waals surface area contributed by atoms with Gasteiger partial charge in [-0.25, -0.2) is 4.98 Å². The molecule has 0 fully saturated rings. The van der Waals surface area contributed by atoms with Crippen molar-refractivity contribution >= 4 is 5.97 Å². The maximum Gasteiger partial charge on any atom is 0.303 e. The van der Waals surface area contributed by atoms with Crippen molar-refractivity contribution in [2.24, 2.45) is 0 Å². The minimum absolute atomic E-state index is 0.101. The van der Waals surface area contributed by atoms with Crippen LogP contribution in [-0.2, 0) is 16.1 Å². The van der Waals surface area contributed by atoms with E-state index in [1.807, 2.05) is 80.1 Å². The summed E-state index contributed by atoms with van der Waals surface area (Å²) in [6.07, 6.45) is 4.68. The Labute approximate surface area is 193 Å². The van der Waals surface area contributed by atoms with Gasteiger partial charge in [0.15, 0.2) is 6.10 Å². The molecule has 0 aliphatic rings. The topological polar surface area (TPSA) is 66.1 Å². The molecule has 1 unspecified atom stereocenters. The number of hydrogen-bond donors (Lipinski definition) is 0. The molecule has 0 radical (unpaired) electrons. The van der Waals surface area contributed by atoms with Crippen LogP contribution in [0, 0.1) is 20.8 Å². The Bertz CT molecular complexity index is 1330. The Morgan fingerprint density at radius 3 is 2.27 bits per heavy atom. The molecule has 0 saturated carbocycles. The quantitative estimate of drug-likeness (QED) is 0.408. The Morgan fingerprint density at radius 1 is 1.00 bits per heavy atom. The van der Waals surface area contributed by atoms with E-state index in [1.54, 1.807) is 23.2 Å². The summed E-state index contributed by atoms with van der Waals surface area (Å²) in [5, 5.41) is 0. The minimum atomic E-state index is -0.584. The zero-order valence-electron chi connectivity index (χ0n) is 19.3. The first kappa shape index (κ1) is 22.3. The number of rotatable bonds is 6. The Balaban J connectivity index is 1.68. The van der Waals surface area contributed by atoms with Gasteiger partial charge < -0.3 is 9.30 Å². The lowest BCUT2D eigenvalue weighted by atomic mass is 10.0. The zero-order chi connectivity index (χ0) is 23.5. The van der Waals surface area contributed by atoms with Crippen LogP contribution in [0.25, 0.3) is 5.69 Å². The van der Waals surface area contributed by atoms with E-state index in [1.165, 1.54) is 6.92 Å². The summed E-state index contributed by atoms with van der Waals surface area (Å²) in [7, 11) is 0. The smallest absolute Gasteiger partial charge is 0.303 e. The molecule has 4 aromatic rings. The summed E-state index contributed by atoms with van der Waals surface area (Å²) in [4.78, 5) is 29.1. The molecule has 0 saturated heterocycles. The van der Waals surface area contributed by atoms with E-state index < -0.39 is 6.10 Å². The van der Waals surface area contributed by atoms with Crippen molar-refractivity contribution in [1.82, 2.24) is 14.1 Å². The average Bonchev–Trinajstić information content (AvgIpc) is 3.23. The van der Waals surface area contributed by atoms with Gasteiger partial charge in [0.25, 0.3) is 5.56 Å². The summed E-state index contributed by atoms with van der Waals surface area (Å²) >= 11 is 0. The van der Waals surface area contributed by atoms with Crippen molar-refractivity contribution in [1.29, 1.82) is 0 Å². The second kappa shape index (κ2) is 9.28. The molecule has 6 nitrogen and oxygen atoms in total. The fraction of sp³-hybridized carbons (Fsp3) is 0.222. The molecule has 0 spiro atoms. The molecule has 0 aliphatic carbocycles. The van der Waals surface area contributed by atoms with Crippen LogP contribution in [0.5, 0.6) is 0 Å². The maximum absolute atomic E-state index is 12.9. The van der Waals surface area contributed by atoms with Gasteiger partial charge in [0.05, 0.1) is 18.2 Å². The number of carbonyl (C=O) groups excluding carboxylic acids is 1. The Hall–Kier alpha value is -3.93. The first-order valence-corrected chi connectivity index (χ1v) is 10.8. The van der Waals surface area contributed by atoms with Crippen LogP contribution >= 0.6 is 0 Å². The van der Waals surface area contributed by atoms with Crippen molar-refractivity contribution < 1.29 is 9.53 Å². The van der Waals surface area contributed by atoms with Crippen molar-refractivity contribution in [2.75, 3.05) is 0 Å². The number of imidazole rings is 1. The predicted molar refractivity (Wildman–Crippen MR) is 128 cm³/mol. The molecule has 6 heteroatoms. The number of pyridine rings is 1. The van der Waals surface area contributed by atoms with Gasteiger partial charge in [-0.15, -0.1) is 0 Å². The monoisotopic (exact) mass is 441 g/mol. The zero-order valence-corrected chi connectivity index (χ0v) is 19.3. The van der Waals surface area contributed by atoms with Crippen molar-refractivity contribution in [2.45, 2.75) is 40.3 Å². The number of carbonyl (C=O) groups is 1. The van der Waals surface area contributed by atoms with Gasteiger partial charge in [-0.05, 0) is 49.6 Å². The van der Waals surface area contributed by atoms with Crippen molar-refractivity contribution in [3.8, 4) is 5.69 Å². The lowest BCUT2D eigenvalue weighted by molar-refractivity contribution is -0.145. The van der Waals surface area contributed by atoms with Crippen LogP contribution in [0.4, 0.5) is 0 Å². The summed E-state index contributed by atoms with van der Waals surface area (Å²) in [5.41, 5.74) is 6.47. The van der Waals surface area contributed by atoms with Gasteiger partial charge in [0, 0.05) is 31.4 Å². The van der Waals surface area contributed by atoms with Gasteiger partial charge in [0.1, 0.15) is 0 Å². The average molecular weight is 442 g/mol. The number of aromatic nitrogens is 3. The third-order valence-electron chi connectivity index (χ3n) is 5.69. The van der Waals surface area contributed by atoms with Gasteiger partial charge in [0.2, 0.25) is 0 Å². The van der Waals surface area contributed by atoms with Gasteiger partial charge >= 0.3 is 5.97 Å². The van der Waals surface area contributed by atoms with Crippen LogP contribution in [0.3, 0.4) is 0 Å². The number of ether oxygens (including phenoxy) is 1. The van der Waals surface area contributed by atoms with Crippen LogP contribution in [0.2, 0.25) is 0 Å². The van der Waals surface area contributed by atoms with E-state index in [9.17, 15) is 9.59 Å². The second-order valence-electron chi connectivity index (χ2n) is 8.37. The largest absolute Gasteiger partial charge is 0.451 e. The molecule has 0 aliphatic heterocycles. The lowest BCUT2D eigenvalue weighted by Crippen LogP contribution is -2.20. The van der Waals surface area contributed by atoms with Crippen LogP contribution < -0.4 is 5.56 Å². The van der Waals surface area contributed by atoms with Crippen molar-refractivity contribution in [3.05, 3.63) is 117 Å². The molecule has 33 heavy (non-hydrogen) atoms. The maximum atomic E-state index is 12.9. The molecule has 2 aromatic heterocycles. The van der Waals surface area contributed by atoms with Gasteiger partial charge in [-0.1, -0.05) is 47.5 Å². The van der Waals surface area contributed by atoms with Crippen LogP contribution in [-0.4, -0.2) is 20.1 Å². The highest BCUT2D eigenvalue weighted by Gasteiger charge is 2.22. The minimum Gasteiger partial charge on any atom is -0.451 e. The highest BCUT2D eigenvalue weighted by Crippen LogP contribution is 2.27. The summed E-state index contributed by atoms with van der Waals surface area (Å²) < 4.78 is 9.25. The first-order chi connectivity index (χ1) is 15.8. The fourth-order valence-electron chi connectivity index (χ4n) is 3.82. The molecule has 168 valence electrons. The van der Waals surface area contributed by atoms with Crippen LogP contribution in [0.1, 0.15) is 46.5 Å². The van der Waals surface area contributed by atoms with E-state index in [-0.39, 0.29) is 11.5 Å². The molecule has 1 atom stereocenters. The fourth-order valence-corrected chi connectivity index (χ4v) is 3.82. The number of hydrogen-bond acceptors (Lipinski definition) is 4. The highest BCUT2D eigenvalue weighted by atomic mass is 16.5. The molecule has 0 N–H and O–H groups in total. The normalized spacial score (nSPS) is 11.9. The Morgan fingerprint density at radius 2 is 1.64 bits per heavy atom. The van der Waals surface area contributed by atoms with E-state index >= 15 is 0 Å². The number of benzene rings is 2. The molecule has 2 aromatic carbocycles. The first-order valence-electron chi connectivity index (χ1n) is 10.8. The summed E-state index contributed by atoms with van der Waals surface area (Å²) in [6, 6.07) is 17.4. The SMILES string of the molecule is CC(=O)OC(c1ccc(C)cc1)c1cncn1Cc1cc(=O)n(-c2ccc(C)cc2)cc1C. The lowest BCUT2D eigenvalue weighted by Gasteiger charge is -2.20. The third-order valence-corrected chi connectivity index (χ3v) is 5.69. The standard InChI is InChI=1S/C27H27N3O3/c1-18-5-9-22(10-6-18)27(33-21(4)31)25-14-28-17-29(25)16-23-13-26(32)30(15-20(23)3)24-11-7-19(2)8-12-24/h5-15,17,27H,16H2,1-4H3. The van der Waals surface area contributed by atoms with E-state index in [2.05, 4.69) is 4.98 Å². The van der Waals surface area contributed by atoms with E-state index in [0.29, 0.717) is 6.54 Å². The summed E-state index contributed by atoms with van der Waals surface area (Å²) in [5.74, 6) is -0.370. The van der Waals surface area contributed by atoms with E-state index in [0.717, 1.165) is 39.2 Å². The number of aryl methyl sites for hydroxylation is 3. The van der Waals surface area contributed by atoms with E-state index in [4.69, 9.17) is 4.74 Å². The van der Waals surface area contributed by atoms with Crippen LogP contribution in [0.15, 0.2) is 78.1 Å². The molecular weight excluding hydrogens is 414 g/mol. The number of esters is 1. The molecule has 4 rings (SSSR count). The molecular formula is C27H27N3O3.